The molecule has 0 saturated carbocycles. The van der Waals surface area contributed by atoms with E-state index in [9.17, 15) is 9.59 Å². The number of nitrogens with one attached hydrogen (secondary N) is 3. The predicted molar refractivity (Wildman–Crippen MR) is 125 cm³/mol. The molecule has 4 aromatic rings. The van der Waals surface area contributed by atoms with E-state index >= 15 is 0 Å². The third-order valence-corrected chi connectivity index (χ3v) is 4.77. The minimum atomic E-state index is -0.468. The molecule has 0 aliphatic heterocycles. The van der Waals surface area contributed by atoms with Gasteiger partial charge in [-0.25, -0.2) is 15.0 Å². The van der Waals surface area contributed by atoms with Crippen molar-refractivity contribution in [1.29, 1.82) is 0 Å². The maximum Gasteiger partial charge on any atom is 0.274 e. The maximum absolute atomic E-state index is 12.7. The molecule has 9 heteroatoms. The molecule has 2 aromatic heterocycles. The summed E-state index contributed by atoms with van der Waals surface area (Å²) in [6.07, 6.45) is 1.87. The molecule has 2 heterocycles. The second-order valence-corrected chi connectivity index (χ2v) is 7.30. The molecule has 0 unspecified atom stereocenters. The molecule has 0 bridgehead atoms. The van der Waals surface area contributed by atoms with Crippen molar-refractivity contribution in [2.24, 2.45) is 0 Å². The van der Waals surface area contributed by atoms with E-state index in [4.69, 9.17) is 4.74 Å². The van der Waals surface area contributed by atoms with E-state index in [1.54, 1.807) is 19.2 Å². The van der Waals surface area contributed by atoms with Gasteiger partial charge in [0.2, 0.25) is 0 Å². The van der Waals surface area contributed by atoms with E-state index in [1.807, 2.05) is 49.4 Å². The van der Waals surface area contributed by atoms with E-state index in [2.05, 4.69) is 30.6 Å². The highest BCUT2D eigenvalue weighted by Crippen LogP contribution is 2.18. The molecule has 0 aliphatic carbocycles. The van der Waals surface area contributed by atoms with Gasteiger partial charge in [-0.05, 0) is 48.9 Å². The van der Waals surface area contributed by atoms with Crippen molar-refractivity contribution in [3.05, 3.63) is 100 Å². The summed E-state index contributed by atoms with van der Waals surface area (Å²) < 4.78 is 5.15. The van der Waals surface area contributed by atoms with E-state index in [0.717, 1.165) is 22.7 Å². The zero-order valence-corrected chi connectivity index (χ0v) is 18.1. The standard InChI is InChI=1S/C24H22N6O3/c1-15-11-21(26-14-25-15)27-17-5-7-18(8-6-17)28-24(32)20-13-23(31)30-22(29-20)12-16-3-9-19(33-2)10-4-16/h3-11,13-14H,12H2,1-2H3,(H,28,32)(H,25,26,27)(H,29,30,31). The number of rotatable bonds is 7. The van der Waals surface area contributed by atoms with Crippen LogP contribution in [0.25, 0.3) is 0 Å². The van der Waals surface area contributed by atoms with Crippen molar-refractivity contribution >= 4 is 23.1 Å². The Morgan fingerprint density at radius 1 is 1.00 bits per heavy atom. The Morgan fingerprint density at radius 2 is 1.73 bits per heavy atom. The summed E-state index contributed by atoms with van der Waals surface area (Å²) in [6.45, 7) is 1.89. The van der Waals surface area contributed by atoms with E-state index < -0.39 is 11.5 Å². The van der Waals surface area contributed by atoms with Gasteiger partial charge in [0.1, 0.15) is 29.4 Å². The summed E-state index contributed by atoms with van der Waals surface area (Å²) in [4.78, 5) is 40.0. The van der Waals surface area contributed by atoms with Gasteiger partial charge in [-0.3, -0.25) is 9.59 Å². The Morgan fingerprint density at radius 3 is 2.42 bits per heavy atom. The molecule has 4 rings (SSSR count). The molecule has 9 nitrogen and oxygen atoms in total. The van der Waals surface area contributed by atoms with Gasteiger partial charge in [-0.1, -0.05) is 12.1 Å². The second kappa shape index (κ2) is 9.73. The lowest BCUT2D eigenvalue weighted by Gasteiger charge is -2.09. The van der Waals surface area contributed by atoms with Gasteiger partial charge in [-0.2, -0.15) is 0 Å². The van der Waals surface area contributed by atoms with Crippen LogP contribution in [-0.2, 0) is 6.42 Å². The normalized spacial score (nSPS) is 10.5. The summed E-state index contributed by atoms with van der Waals surface area (Å²) in [5.74, 6) is 1.35. The second-order valence-electron chi connectivity index (χ2n) is 7.30. The van der Waals surface area contributed by atoms with Gasteiger partial charge in [0.15, 0.2) is 0 Å². The first-order valence-corrected chi connectivity index (χ1v) is 10.2. The quantitative estimate of drug-likeness (QED) is 0.401. The molecule has 33 heavy (non-hydrogen) atoms. The third kappa shape index (κ3) is 5.79. The van der Waals surface area contributed by atoms with Crippen molar-refractivity contribution in [2.45, 2.75) is 13.3 Å². The predicted octanol–water partition coefficient (Wildman–Crippen LogP) is 3.46. The Balaban J connectivity index is 1.43. The van der Waals surface area contributed by atoms with Crippen LogP contribution in [0.1, 0.15) is 27.6 Å². The number of benzene rings is 2. The lowest BCUT2D eigenvalue weighted by molar-refractivity contribution is 0.102. The first kappa shape index (κ1) is 21.7. The van der Waals surface area contributed by atoms with Crippen LogP contribution in [0.2, 0.25) is 0 Å². The number of methoxy groups -OCH3 is 1. The van der Waals surface area contributed by atoms with E-state index in [0.29, 0.717) is 23.8 Å². The lowest BCUT2D eigenvalue weighted by atomic mass is 10.1. The van der Waals surface area contributed by atoms with Crippen LogP contribution in [0, 0.1) is 6.92 Å². The molecule has 166 valence electrons. The number of aromatic nitrogens is 4. The molecule has 0 aliphatic rings. The molecule has 0 saturated heterocycles. The zero-order chi connectivity index (χ0) is 23.2. The first-order chi connectivity index (χ1) is 16.0. The smallest absolute Gasteiger partial charge is 0.274 e. The number of H-pyrrole nitrogens is 1. The number of nitrogens with zero attached hydrogens (tertiary/aromatic N) is 3. The van der Waals surface area contributed by atoms with Crippen LogP contribution in [0.5, 0.6) is 5.75 Å². The van der Waals surface area contributed by atoms with Crippen molar-refractivity contribution < 1.29 is 9.53 Å². The Bertz CT molecular complexity index is 1320. The average Bonchev–Trinajstić information content (AvgIpc) is 2.80. The number of anilines is 3. The van der Waals surface area contributed by atoms with Crippen molar-refractivity contribution in [1.82, 2.24) is 19.9 Å². The molecule has 0 fully saturated rings. The molecular formula is C24H22N6O3. The number of hydrogen-bond donors (Lipinski definition) is 3. The van der Waals surface area contributed by atoms with Crippen LogP contribution >= 0.6 is 0 Å². The van der Waals surface area contributed by atoms with E-state index in [-0.39, 0.29) is 5.69 Å². The summed E-state index contributed by atoms with van der Waals surface area (Å²) in [7, 11) is 1.60. The van der Waals surface area contributed by atoms with Crippen molar-refractivity contribution in [3.63, 3.8) is 0 Å². The molecule has 0 spiro atoms. The topological polar surface area (TPSA) is 122 Å². The minimum Gasteiger partial charge on any atom is -0.497 e. The van der Waals surface area contributed by atoms with E-state index in [1.165, 1.54) is 12.4 Å². The highest BCUT2D eigenvalue weighted by atomic mass is 16.5. The monoisotopic (exact) mass is 442 g/mol. The van der Waals surface area contributed by atoms with Gasteiger partial charge >= 0.3 is 0 Å². The van der Waals surface area contributed by atoms with Gasteiger partial charge in [0.25, 0.3) is 11.5 Å². The maximum atomic E-state index is 12.7. The molecular weight excluding hydrogens is 420 g/mol. The largest absolute Gasteiger partial charge is 0.497 e. The van der Waals surface area contributed by atoms with Crippen LogP contribution in [0.3, 0.4) is 0 Å². The molecule has 0 radical (unpaired) electrons. The van der Waals surface area contributed by atoms with Gasteiger partial charge < -0.3 is 20.4 Å². The molecule has 3 N–H and O–H groups in total. The van der Waals surface area contributed by atoms with Crippen LogP contribution in [0.4, 0.5) is 17.2 Å². The Kier molecular flexibility index (Phi) is 6.40. The molecule has 2 aromatic carbocycles. The number of ether oxygens (including phenoxy) is 1. The minimum absolute atomic E-state index is 0.0425. The number of aryl methyl sites for hydroxylation is 1. The fraction of sp³-hybridized carbons (Fsp3) is 0.125. The summed E-state index contributed by atoms with van der Waals surface area (Å²) in [6, 6.07) is 17.6. The first-order valence-electron chi connectivity index (χ1n) is 10.2. The Hall–Kier alpha value is -4.53. The van der Waals surface area contributed by atoms with Gasteiger partial charge in [0.05, 0.1) is 7.11 Å². The van der Waals surface area contributed by atoms with Crippen LogP contribution in [0.15, 0.2) is 71.8 Å². The van der Waals surface area contributed by atoms with Crippen LogP contribution in [-0.4, -0.2) is 33.0 Å². The number of carbonyl (C=O) groups is 1. The SMILES string of the molecule is COc1ccc(Cc2nc(C(=O)Nc3ccc(Nc4cc(C)ncn4)cc3)cc(=O)[nH]2)cc1. The fourth-order valence-corrected chi connectivity index (χ4v) is 3.15. The van der Waals surface area contributed by atoms with Gasteiger partial charge in [-0.15, -0.1) is 0 Å². The van der Waals surface area contributed by atoms with Crippen molar-refractivity contribution in [2.75, 3.05) is 17.7 Å². The summed E-state index contributed by atoms with van der Waals surface area (Å²) >= 11 is 0. The highest BCUT2D eigenvalue weighted by Gasteiger charge is 2.11. The number of hydrogen-bond acceptors (Lipinski definition) is 7. The molecule has 0 atom stereocenters. The lowest BCUT2D eigenvalue weighted by Crippen LogP contribution is -2.20. The number of amides is 1. The average molecular weight is 442 g/mol. The number of carbonyl (C=O) groups excluding carboxylic acids is 1. The highest BCUT2D eigenvalue weighted by molar-refractivity contribution is 6.02. The fourth-order valence-electron chi connectivity index (χ4n) is 3.15. The number of aromatic amines is 1. The third-order valence-electron chi connectivity index (χ3n) is 4.77. The van der Waals surface area contributed by atoms with Crippen LogP contribution < -0.4 is 20.9 Å². The summed E-state index contributed by atoms with van der Waals surface area (Å²) in [5.41, 5.74) is 2.82. The molecule has 1 amide bonds. The zero-order valence-electron chi connectivity index (χ0n) is 18.1. The van der Waals surface area contributed by atoms with Gasteiger partial charge in [0, 0.05) is 35.6 Å². The van der Waals surface area contributed by atoms with Crippen molar-refractivity contribution in [3.8, 4) is 5.75 Å². The summed E-state index contributed by atoms with van der Waals surface area (Å²) in [5, 5.41) is 5.94. The Labute approximate surface area is 189 Å².